The van der Waals surface area contributed by atoms with Gasteiger partial charge in [-0.05, 0) is 17.7 Å². The van der Waals surface area contributed by atoms with E-state index in [-0.39, 0.29) is 33.8 Å². The van der Waals surface area contributed by atoms with Gasteiger partial charge in [0.05, 0.1) is 19.3 Å². The number of ether oxygens (including phenoxy) is 2. The molecule has 3 rings (SSSR count). The van der Waals surface area contributed by atoms with Crippen LogP contribution in [0.4, 0.5) is 5.82 Å². The maximum absolute atomic E-state index is 10.3. The van der Waals surface area contributed by atoms with E-state index in [4.69, 9.17) is 27.4 Å². The van der Waals surface area contributed by atoms with Crippen LogP contribution in [0, 0.1) is 27.3 Å². The van der Waals surface area contributed by atoms with Crippen molar-refractivity contribution in [3.63, 3.8) is 0 Å². The molecule has 9 nitrogen and oxygen atoms in total. The third kappa shape index (κ3) is 3.44. The molecule has 0 bridgehead atoms. The zero-order chi connectivity index (χ0) is 21.3. The number of nitriles is 2. The summed E-state index contributed by atoms with van der Waals surface area (Å²) < 4.78 is 11.6. The molecule has 1 aromatic carbocycles. The van der Waals surface area contributed by atoms with Crippen LogP contribution < -0.4 is 10.5 Å². The molecule has 4 atom stereocenters. The number of aliphatic hydroxyl groups excluding tert-OH is 3. The predicted molar refractivity (Wildman–Crippen MR) is 104 cm³/mol. The number of hydrogen-bond acceptors (Lipinski definition) is 9. The van der Waals surface area contributed by atoms with Gasteiger partial charge in [0.2, 0.25) is 0 Å². The molecular formula is C19H18N4O5S. The number of nitrogen functional groups attached to an aromatic ring is 1. The lowest BCUT2D eigenvalue weighted by Crippen LogP contribution is -2.51. The number of aromatic nitrogens is 1. The van der Waals surface area contributed by atoms with Crippen LogP contribution in [-0.4, -0.2) is 51.9 Å². The lowest BCUT2D eigenvalue weighted by Gasteiger charge is -2.37. The summed E-state index contributed by atoms with van der Waals surface area (Å²) in [5.41, 5.74) is 6.94. The van der Waals surface area contributed by atoms with Crippen molar-refractivity contribution in [2.75, 3.05) is 19.5 Å². The molecule has 29 heavy (non-hydrogen) atoms. The standard InChI is InChI=1S/C19H18N4O5S/c1-27-10-4-2-9(3-5-10)14-11(6-20)17(22)23(19(29)12(14)7-21)18-16(26)15(25)13(24)8-28-18/h2-5,13,15-16,18,24-26H,8,22H2,1H3/t13-,15-,16+,18-/m1/s1. The van der Waals surface area contributed by atoms with Crippen molar-refractivity contribution >= 4 is 18.0 Å². The predicted octanol–water partition coefficient (Wildman–Crippen LogP) is 0.830. The van der Waals surface area contributed by atoms with E-state index in [9.17, 15) is 25.8 Å². The molecular weight excluding hydrogens is 396 g/mol. The monoisotopic (exact) mass is 414 g/mol. The van der Waals surface area contributed by atoms with E-state index in [2.05, 4.69) is 0 Å². The average Bonchev–Trinajstić information content (AvgIpc) is 2.73. The molecule has 0 spiro atoms. The van der Waals surface area contributed by atoms with Crippen molar-refractivity contribution in [3.05, 3.63) is 40.0 Å². The second kappa shape index (κ2) is 8.17. The molecule has 0 amide bonds. The van der Waals surface area contributed by atoms with Crippen molar-refractivity contribution in [1.82, 2.24) is 4.57 Å². The van der Waals surface area contributed by atoms with Gasteiger partial charge >= 0.3 is 0 Å². The van der Waals surface area contributed by atoms with Crippen molar-refractivity contribution < 1.29 is 24.8 Å². The molecule has 0 radical (unpaired) electrons. The summed E-state index contributed by atoms with van der Waals surface area (Å²) in [6.45, 7) is -0.284. The van der Waals surface area contributed by atoms with Gasteiger partial charge in [0, 0.05) is 5.56 Å². The van der Waals surface area contributed by atoms with E-state index < -0.39 is 24.5 Å². The van der Waals surface area contributed by atoms with Crippen molar-refractivity contribution in [2.45, 2.75) is 24.5 Å². The zero-order valence-electron chi connectivity index (χ0n) is 15.3. The van der Waals surface area contributed by atoms with Crippen LogP contribution in [0.25, 0.3) is 11.1 Å². The molecule has 150 valence electrons. The van der Waals surface area contributed by atoms with Gasteiger partial charge in [0.1, 0.15) is 52.2 Å². The zero-order valence-corrected chi connectivity index (χ0v) is 16.1. The Balaban J connectivity index is 2.26. The van der Waals surface area contributed by atoms with Gasteiger partial charge in [-0.3, -0.25) is 4.57 Å². The van der Waals surface area contributed by atoms with Crippen molar-refractivity contribution in [2.24, 2.45) is 0 Å². The molecule has 10 heteroatoms. The number of rotatable bonds is 3. The Morgan fingerprint density at radius 3 is 2.31 bits per heavy atom. The van der Waals surface area contributed by atoms with Crippen LogP contribution in [0.2, 0.25) is 0 Å². The van der Waals surface area contributed by atoms with Gasteiger partial charge in [-0.2, -0.15) is 10.5 Å². The van der Waals surface area contributed by atoms with Gasteiger partial charge in [-0.1, -0.05) is 24.4 Å². The summed E-state index contributed by atoms with van der Waals surface area (Å²) >= 11 is 5.42. The Morgan fingerprint density at radius 2 is 1.76 bits per heavy atom. The normalized spacial score (nSPS) is 23.8. The van der Waals surface area contributed by atoms with Crippen LogP contribution in [0.5, 0.6) is 5.75 Å². The maximum atomic E-state index is 10.3. The Bertz CT molecular complexity index is 1070. The van der Waals surface area contributed by atoms with E-state index in [0.29, 0.717) is 11.3 Å². The quantitative estimate of drug-likeness (QED) is 0.534. The third-order valence-electron chi connectivity index (χ3n) is 4.78. The van der Waals surface area contributed by atoms with E-state index in [0.717, 1.165) is 4.57 Å². The number of hydrogen-bond donors (Lipinski definition) is 4. The molecule has 0 unspecified atom stereocenters. The second-order valence-corrected chi connectivity index (χ2v) is 6.80. The summed E-state index contributed by atoms with van der Waals surface area (Å²) in [4.78, 5) is 0. The smallest absolute Gasteiger partial charge is 0.165 e. The molecule has 1 aliphatic heterocycles. The Hall–Kier alpha value is -2.99. The number of aliphatic hydroxyl groups is 3. The number of nitrogens with zero attached hydrogens (tertiary/aromatic N) is 3. The van der Waals surface area contributed by atoms with Crippen molar-refractivity contribution in [3.8, 4) is 29.0 Å². The molecule has 1 aromatic heterocycles. The summed E-state index contributed by atoms with van der Waals surface area (Å²) in [5.74, 6) is 0.463. The Labute approximate surface area is 171 Å². The highest BCUT2D eigenvalue weighted by Crippen LogP contribution is 2.36. The number of nitrogens with two attached hydrogens (primary N) is 1. The largest absolute Gasteiger partial charge is 0.497 e. The summed E-state index contributed by atoms with van der Waals surface area (Å²) in [7, 11) is 1.52. The van der Waals surface area contributed by atoms with Crippen LogP contribution >= 0.6 is 12.2 Å². The lowest BCUT2D eigenvalue weighted by molar-refractivity contribution is -0.210. The van der Waals surface area contributed by atoms with E-state index in [1.165, 1.54) is 7.11 Å². The first-order valence-corrected chi connectivity index (χ1v) is 8.94. The SMILES string of the molecule is COc1ccc(-c2c(C#N)c(N)n([C@@H]3OC[C@@H](O)[C@@H](O)[C@@H]3O)c(=S)c2C#N)cc1. The Kier molecular flexibility index (Phi) is 5.84. The molecule has 1 fully saturated rings. The molecule has 1 aliphatic rings. The van der Waals surface area contributed by atoms with E-state index in [1.54, 1.807) is 24.3 Å². The van der Waals surface area contributed by atoms with E-state index in [1.807, 2.05) is 12.1 Å². The topological polar surface area (TPSA) is 158 Å². The fraction of sp³-hybridized carbons (Fsp3) is 0.316. The first kappa shape index (κ1) is 20.7. The van der Waals surface area contributed by atoms with Crippen LogP contribution in [0.3, 0.4) is 0 Å². The molecule has 0 saturated carbocycles. The van der Waals surface area contributed by atoms with Crippen molar-refractivity contribution in [1.29, 1.82) is 10.5 Å². The second-order valence-electron chi connectivity index (χ2n) is 6.41. The molecule has 2 aromatic rings. The van der Waals surface area contributed by atoms with Gasteiger partial charge < -0.3 is 30.5 Å². The molecule has 2 heterocycles. The third-order valence-corrected chi connectivity index (χ3v) is 5.18. The summed E-state index contributed by atoms with van der Waals surface area (Å²) in [6.07, 6.45) is -5.64. The highest BCUT2D eigenvalue weighted by atomic mass is 32.1. The lowest BCUT2D eigenvalue weighted by atomic mass is 9.95. The minimum absolute atomic E-state index is 0.00710. The Morgan fingerprint density at radius 1 is 1.14 bits per heavy atom. The molecule has 1 saturated heterocycles. The van der Waals surface area contributed by atoms with Gasteiger partial charge in [-0.25, -0.2) is 0 Å². The first-order valence-electron chi connectivity index (χ1n) is 8.54. The molecule has 0 aliphatic carbocycles. The average molecular weight is 414 g/mol. The maximum Gasteiger partial charge on any atom is 0.165 e. The fourth-order valence-corrected chi connectivity index (χ4v) is 3.59. The van der Waals surface area contributed by atoms with Gasteiger partial charge in [0.15, 0.2) is 6.23 Å². The minimum Gasteiger partial charge on any atom is -0.497 e. The fourth-order valence-electron chi connectivity index (χ4n) is 3.24. The van der Waals surface area contributed by atoms with Crippen LogP contribution in [0.15, 0.2) is 24.3 Å². The number of benzene rings is 1. The number of pyridine rings is 1. The van der Waals surface area contributed by atoms with Crippen LogP contribution in [-0.2, 0) is 4.74 Å². The highest BCUT2D eigenvalue weighted by Gasteiger charge is 2.40. The number of methoxy groups -OCH3 is 1. The van der Waals surface area contributed by atoms with Crippen LogP contribution in [0.1, 0.15) is 17.4 Å². The highest BCUT2D eigenvalue weighted by molar-refractivity contribution is 7.71. The minimum atomic E-state index is -1.57. The van der Waals surface area contributed by atoms with Gasteiger partial charge in [-0.15, -0.1) is 0 Å². The molecule has 5 N–H and O–H groups in total. The van der Waals surface area contributed by atoms with Gasteiger partial charge in [0.25, 0.3) is 0 Å². The summed E-state index contributed by atoms with van der Waals surface area (Å²) in [6, 6.07) is 10.7. The van der Waals surface area contributed by atoms with E-state index >= 15 is 0 Å². The first-order chi connectivity index (χ1) is 13.8. The number of anilines is 1. The summed E-state index contributed by atoms with van der Waals surface area (Å²) in [5, 5.41) is 49.5.